The van der Waals surface area contributed by atoms with E-state index in [4.69, 9.17) is 16.6 Å². The molecule has 0 aliphatic carbocycles. The topological polar surface area (TPSA) is 224 Å². The number of halogens is 10. The maximum atomic E-state index is 12.2. The van der Waals surface area contributed by atoms with Crippen molar-refractivity contribution in [2.24, 2.45) is 5.73 Å². The van der Waals surface area contributed by atoms with E-state index in [-0.39, 0.29) is 63.2 Å². The van der Waals surface area contributed by atoms with Gasteiger partial charge in [0.25, 0.3) is 0 Å². The number of ether oxygens (including phenoxy) is 2. The zero-order valence-electron chi connectivity index (χ0n) is 36.6. The Morgan fingerprint density at radius 1 is 0.645 bits per heavy atom. The summed E-state index contributed by atoms with van der Waals surface area (Å²) in [7, 11) is -8.73. The lowest BCUT2D eigenvalue weighted by Gasteiger charge is -2.32. The Morgan fingerprint density at radius 2 is 0.935 bits per heavy atom. The van der Waals surface area contributed by atoms with Crippen molar-refractivity contribution in [2.75, 3.05) is 56.5 Å². The van der Waals surface area contributed by atoms with Gasteiger partial charge in [0.1, 0.15) is 11.2 Å². The standard InChI is InChI=1S/C12H21F3N2O4S.C10H20N2O2.C7H13F3N2O2S.C2H2ClF3O2S.C2H6/c1-11(2,3)21-10(18)16-9-4-6-17(7-5-9)22(19,20)8-12(13,14)15;1-10(2,3)14-9(13)12-8-4-6-11-7-5-8;8-7(9,10)5-15(13,14)12-3-1-6(11)2-4-12;3-9(7,8)1-2(4,5)6;1-2/h9H,4-8H2,1-3H3,(H,16,18);8,11H,4-7H2,1-3H3,(H,12,13);6H,1-5,11H2;1H2;1-2H3/i;;;;1D. The lowest BCUT2D eigenvalue weighted by molar-refractivity contribution is -0.108. The van der Waals surface area contributed by atoms with E-state index in [1.807, 2.05) is 20.8 Å². The number of alkyl carbamates (subject to hydrolysis) is 2. The van der Waals surface area contributed by atoms with Gasteiger partial charge in [0, 0.05) is 56.4 Å². The van der Waals surface area contributed by atoms with E-state index in [0.717, 1.165) is 34.5 Å². The Morgan fingerprint density at radius 3 is 1.19 bits per heavy atom. The fourth-order valence-corrected chi connectivity index (χ4v) is 8.63. The minimum absolute atomic E-state index is 0.0567. The molecule has 0 atom stereocenters. The lowest BCUT2D eigenvalue weighted by atomic mass is 10.1. The summed E-state index contributed by atoms with van der Waals surface area (Å²) in [5.74, 6) is -5.61. The van der Waals surface area contributed by atoms with Crippen LogP contribution in [0.5, 0.6) is 0 Å². The second-order valence-corrected chi connectivity index (χ2v) is 22.5. The zero-order chi connectivity index (χ0) is 49.9. The van der Waals surface area contributed by atoms with E-state index in [9.17, 15) is 74.4 Å². The quantitative estimate of drug-likeness (QED) is 0.182. The van der Waals surface area contributed by atoms with Gasteiger partial charge in [0.05, 0.1) is 0 Å². The van der Waals surface area contributed by atoms with Gasteiger partial charge in [-0.1, -0.05) is 13.8 Å². The van der Waals surface area contributed by atoms with Crippen LogP contribution in [0.2, 0.25) is 0 Å². The number of alkyl halides is 9. The predicted octanol–water partition coefficient (Wildman–Crippen LogP) is 5.58. The first-order chi connectivity index (χ1) is 28.1. The third-order valence-electron chi connectivity index (χ3n) is 7.55. The van der Waals surface area contributed by atoms with Crippen molar-refractivity contribution in [3.8, 4) is 0 Å². The molecular weight excluding hydrogens is 943 g/mol. The molecule has 0 aromatic carbocycles. The van der Waals surface area contributed by atoms with E-state index in [1.165, 1.54) is 0 Å². The smallest absolute Gasteiger partial charge is 0.407 e. The summed E-state index contributed by atoms with van der Waals surface area (Å²) in [6.07, 6.45) is -11.8. The van der Waals surface area contributed by atoms with Crippen LogP contribution in [0.1, 0.15) is 95.3 Å². The Kier molecular flexibility index (Phi) is 25.3. The summed E-state index contributed by atoms with van der Waals surface area (Å²) < 4.78 is 189. The van der Waals surface area contributed by atoms with Crippen molar-refractivity contribution in [1.29, 1.82) is 0 Å². The molecule has 3 fully saturated rings. The van der Waals surface area contributed by atoms with Crippen molar-refractivity contribution in [3.05, 3.63) is 0 Å². The van der Waals surface area contributed by atoms with Crippen LogP contribution in [0.3, 0.4) is 0 Å². The average molecular weight is 1010 g/mol. The number of amides is 2. The Bertz CT molecular complexity index is 1680. The van der Waals surface area contributed by atoms with Crippen molar-refractivity contribution in [3.63, 3.8) is 0 Å². The highest BCUT2D eigenvalue weighted by atomic mass is 35.7. The predicted molar refractivity (Wildman–Crippen MR) is 215 cm³/mol. The number of nitrogens with zero attached hydrogens (tertiary/aromatic N) is 2. The van der Waals surface area contributed by atoms with Gasteiger partial charge in [-0.05, 0) is 93.2 Å². The second kappa shape index (κ2) is 26.1. The highest BCUT2D eigenvalue weighted by Crippen LogP contribution is 2.24. The third kappa shape index (κ3) is 34.3. The first-order valence-electron chi connectivity index (χ1n) is 19.6. The molecule has 3 aliphatic heterocycles. The summed E-state index contributed by atoms with van der Waals surface area (Å²) in [4.78, 5) is 23.0. The van der Waals surface area contributed by atoms with E-state index in [0.29, 0.717) is 19.7 Å². The van der Waals surface area contributed by atoms with Crippen molar-refractivity contribution in [1.82, 2.24) is 24.6 Å². The first kappa shape index (κ1) is 59.9. The minimum atomic E-state index is -4.76. The number of hydrogen-bond donors (Lipinski definition) is 4. The van der Waals surface area contributed by atoms with Crippen LogP contribution >= 0.6 is 10.7 Å². The Labute approximate surface area is 364 Å². The summed E-state index contributed by atoms with van der Waals surface area (Å²) in [6, 6.07) is -0.152. The molecule has 0 unspecified atom stereocenters. The summed E-state index contributed by atoms with van der Waals surface area (Å²) >= 11 is 0. The molecule has 0 spiro atoms. The van der Waals surface area contributed by atoms with E-state index in [2.05, 4.69) is 26.6 Å². The number of piperidine rings is 3. The molecule has 2 amide bonds. The van der Waals surface area contributed by atoms with Gasteiger partial charge in [0.2, 0.25) is 29.1 Å². The van der Waals surface area contributed by atoms with Crippen LogP contribution in [-0.4, -0.2) is 150 Å². The van der Waals surface area contributed by atoms with E-state index in [1.54, 1.807) is 27.7 Å². The van der Waals surface area contributed by atoms with Crippen molar-refractivity contribution < 1.29 is 85.2 Å². The molecule has 372 valence electrons. The largest absolute Gasteiger partial charge is 0.444 e. The second-order valence-electron chi connectivity index (χ2n) is 15.8. The van der Waals surface area contributed by atoms with Crippen LogP contribution in [0.4, 0.5) is 49.1 Å². The van der Waals surface area contributed by atoms with Crippen LogP contribution in [0.15, 0.2) is 0 Å². The number of sulfonamides is 2. The highest BCUT2D eigenvalue weighted by Gasteiger charge is 2.41. The molecule has 3 saturated heterocycles. The molecule has 3 aliphatic rings. The van der Waals surface area contributed by atoms with Crippen molar-refractivity contribution in [2.45, 2.75) is 142 Å². The van der Waals surface area contributed by atoms with E-state index < -0.39 is 82.2 Å². The number of carbonyl (C=O) groups excluding carboxylic acids is 2. The lowest BCUT2D eigenvalue weighted by Crippen LogP contribution is -2.49. The SMILES string of the molecule is CC(C)(C)OC(=O)NC1CCN(S(=O)(=O)CC(F)(F)F)CC1.CC(C)(C)OC(=O)NC1CCNCC1.NC1CCN(S(=O)(=O)CC(F)(F)F)CC1.O=S(=O)(Cl)CC(F)(F)F.[2H]CC. The summed E-state index contributed by atoms with van der Waals surface area (Å²) in [6.45, 7) is 15.0. The van der Waals surface area contributed by atoms with Gasteiger partial charge in [-0.15, -0.1) is 0 Å². The van der Waals surface area contributed by atoms with Crippen LogP contribution < -0.4 is 21.7 Å². The first-order valence-corrected chi connectivity index (χ1v) is 24.6. The number of nitrogens with two attached hydrogens (primary N) is 1. The molecular formula is C33H62ClF9N6O10S3. The average Bonchev–Trinajstić information content (AvgIpc) is 3.01. The highest BCUT2D eigenvalue weighted by molar-refractivity contribution is 8.13. The van der Waals surface area contributed by atoms with Gasteiger partial charge in [-0.3, -0.25) is 0 Å². The molecule has 0 aromatic rings. The summed E-state index contributed by atoms with van der Waals surface area (Å²) in [5.41, 5.74) is 4.47. The zero-order valence-corrected chi connectivity index (χ0v) is 38.8. The maximum absolute atomic E-state index is 12.2. The van der Waals surface area contributed by atoms with Gasteiger partial charge >= 0.3 is 30.7 Å². The van der Waals surface area contributed by atoms with Crippen LogP contribution in [-0.2, 0) is 38.6 Å². The van der Waals surface area contributed by atoms with Crippen molar-refractivity contribution >= 4 is 52.0 Å². The molecule has 0 aromatic heterocycles. The van der Waals surface area contributed by atoms with Crippen LogP contribution in [0, 0.1) is 0 Å². The van der Waals surface area contributed by atoms with Gasteiger partial charge in [-0.2, -0.15) is 39.5 Å². The van der Waals surface area contributed by atoms with E-state index >= 15 is 0 Å². The van der Waals surface area contributed by atoms with Gasteiger partial charge < -0.3 is 31.2 Å². The molecule has 0 radical (unpaired) electrons. The molecule has 0 bridgehead atoms. The number of nitrogens with one attached hydrogen (secondary N) is 3. The minimum Gasteiger partial charge on any atom is -0.444 e. The normalized spacial score (nSPS) is 18.6. The number of carbonyl (C=O) groups is 2. The van der Waals surface area contributed by atoms with Gasteiger partial charge in [-0.25, -0.2) is 43.5 Å². The molecule has 3 heterocycles. The molecule has 29 heteroatoms. The Balaban J connectivity index is 0. The fourth-order valence-electron chi connectivity index (χ4n) is 5.14. The summed E-state index contributed by atoms with van der Waals surface area (Å²) in [5, 5.41) is 8.71. The van der Waals surface area contributed by atoms with Gasteiger partial charge in [0.15, 0.2) is 17.3 Å². The Hall–Kier alpha value is -2.11. The third-order valence-corrected chi connectivity index (χ3v) is 12.2. The number of hydrogen-bond acceptors (Lipinski definition) is 12. The molecule has 16 nitrogen and oxygen atoms in total. The molecule has 0 saturated carbocycles. The molecule has 5 N–H and O–H groups in total. The molecule has 3 rings (SSSR count). The maximum Gasteiger partial charge on any atom is 0.407 e. The monoisotopic (exact) mass is 1010 g/mol. The number of rotatable bonds is 7. The van der Waals surface area contributed by atoms with Crippen LogP contribution in [0.25, 0.3) is 0 Å². The molecule has 62 heavy (non-hydrogen) atoms. The fraction of sp³-hybridized carbons (Fsp3) is 0.939.